The van der Waals surface area contributed by atoms with E-state index in [0.29, 0.717) is 0 Å². The van der Waals surface area contributed by atoms with Crippen LogP contribution in [0, 0.1) is 5.82 Å². The van der Waals surface area contributed by atoms with Crippen LogP contribution in [0.4, 0.5) is 4.39 Å². The first-order valence-electron chi connectivity index (χ1n) is 3.84. The fraction of sp³-hybridized carbons (Fsp3) is 0.111. The molecule has 80 valence electrons. The molecular formula is C9H6BrFO4. The number of hydrogen-bond acceptors (Lipinski definition) is 2. The number of carbonyl (C=O) groups is 2. The molecule has 1 aromatic rings. The second-order valence-electron chi connectivity index (χ2n) is 2.75. The van der Waals surface area contributed by atoms with Crippen LogP contribution in [-0.2, 0) is 9.59 Å². The summed E-state index contributed by atoms with van der Waals surface area (Å²) in [4.78, 5) is 21.3. The van der Waals surface area contributed by atoms with Crippen molar-refractivity contribution in [1.29, 1.82) is 0 Å². The van der Waals surface area contributed by atoms with Crippen molar-refractivity contribution in [1.82, 2.24) is 0 Å². The van der Waals surface area contributed by atoms with E-state index >= 15 is 0 Å². The number of halogens is 2. The van der Waals surface area contributed by atoms with E-state index in [0.717, 1.165) is 6.07 Å². The molecular weight excluding hydrogens is 271 g/mol. The molecule has 0 heterocycles. The van der Waals surface area contributed by atoms with Gasteiger partial charge in [0.25, 0.3) is 0 Å². The van der Waals surface area contributed by atoms with E-state index in [-0.39, 0.29) is 10.0 Å². The number of carboxylic acids is 2. The first-order valence-corrected chi connectivity index (χ1v) is 4.64. The van der Waals surface area contributed by atoms with E-state index in [9.17, 15) is 14.0 Å². The normalized spacial score (nSPS) is 10.3. The number of hydrogen-bond donors (Lipinski definition) is 2. The Bertz CT molecular complexity index is 405. The largest absolute Gasteiger partial charge is 0.480 e. The van der Waals surface area contributed by atoms with E-state index in [1.54, 1.807) is 0 Å². The Hall–Kier alpha value is -1.43. The van der Waals surface area contributed by atoms with Gasteiger partial charge in [0.1, 0.15) is 5.82 Å². The molecule has 0 aliphatic carbocycles. The zero-order chi connectivity index (χ0) is 11.6. The quantitative estimate of drug-likeness (QED) is 0.827. The van der Waals surface area contributed by atoms with Crippen molar-refractivity contribution in [3.63, 3.8) is 0 Å². The van der Waals surface area contributed by atoms with Crippen LogP contribution in [0.5, 0.6) is 0 Å². The van der Waals surface area contributed by atoms with Crippen LogP contribution in [-0.4, -0.2) is 22.2 Å². The Kier molecular flexibility index (Phi) is 3.41. The van der Waals surface area contributed by atoms with E-state index in [1.807, 2.05) is 0 Å². The molecule has 0 fully saturated rings. The van der Waals surface area contributed by atoms with Gasteiger partial charge in [-0.15, -0.1) is 0 Å². The minimum atomic E-state index is -1.89. The average molecular weight is 277 g/mol. The maximum absolute atomic E-state index is 13.4. The summed E-state index contributed by atoms with van der Waals surface area (Å²) in [7, 11) is 0. The fourth-order valence-electron chi connectivity index (χ4n) is 1.12. The van der Waals surface area contributed by atoms with Crippen molar-refractivity contribution in [3.05, 3.63) is 34.1 Å². The van der Waals surface area contributed by atoms with Gasteiger partial charge in [0, 0.05) is 5.56 Å². The maximum Gasteiger partial charge on any atom is 0.322 e. The first-order chi connectivity index (χ1) is 6.95. The van der Waals surface area contributed by atoms with Crippen molar-refractivity contribution in [2.75, 3.05) is 0 Å². The van der Waals surface area contributed by atoms with Crippen LogP contribution in [0.3, 0.4) is 0 Å². The predicted octanol–water partition coefficient (Wildman–Crippen LogP) is 1.84. The van der Waals surface area contributed by atoms with Crippen LogP contribution >= 0.6 is 15.9 Å². The molecule has 0 unspecified atom stereocenters. The molecule has 2 N–H and O–H groups in total. The third-order valence-corrected chi connectivity index (χ3v) is 2.40. The van der Waals surface area contributed by atoms with Gasteiger partial charge < -0.3 is 10.2 Å². The summed E-state index contributed by atoms with van der Waals surface area (Å²) in [6, 6.07) is 3.87. The molecule has 0 radical (unpaired) electrons. The van der Waals surface area contributed by atoms with Crippen molar-refractivity contribution in [2.24, 2.45) is 0 Å². The molecule has 1 rings (SSSR count). The van der Waals surface area contributed by atoms with Gasteiger partial charge in [0.15, 0.2) is 5.92 Å². The summed E-state index contributed by atoms with van der Waals surface area (Å²) in [5.41, 5.74) is -0.371. The fourth-order valence-corrected chi connectivity index (χ4v) is 1.50. The molecule has 0 saturated heterocycles. The summed E-state index contributed by atoms with van der Waals surface area (Å²) in [5, 5.41) is 17.3. The van der Waals surface area contributed by atoms with E-state index in [4.69, 9.17) is 10.2 Å². The molecule has 0 aliphatic rings. The highest BCUT2D eigenvalue weighted by atomic mass is 79.9. The van der Waals surface area contributed by atoms with Crippen LogP contribution < -0.4 is 0 Å². The molecule has 6 heteroatoms. The van der Waals surface area contributed by atoms with Crippen LogP contribution in [0.2, 0.25) is 0 Å². The third kappa shape index (κ3) is 2.33. The minimum absolute atomic E-state index is 0.0347. The van der Waals surface area contributed by atoms with Gasteiger partial charge in [0.05, 0.1) is 4.47 Å². The molecule has 0 saturated carbocycles. The van der Waals surface area contributed by atoms with Gasteiger partial charge in [0.2, 0.25) is 0 Å². The zero-order valence-electron chi connectivity index (χ0n) is 7.28. The van der Waals surface area contributed by atoms with Crippen LogP contribution in [0.25, 0.3) is 0 Å². The van der Waals surface area contributed by atoms with E-state index in [1.165, 1.54) is 12.1 Å². The SMILES string of the molecule is O=C(O)C(C(=O)O)c1cccc(Br)c1F. The zero-order valence-corrected chi connectivity index (χ0v) is 8.86. The molecule has 1 aromatic carbocycles. The summed E-state index contributed by atoms with van der Waals surface area (Å²) < 4.78 is 13.4. The molecule has 0 atom stereocenters. The summed E-state index contributed by atoms with van der Waals surface area (Å²) >= 11 is 2.85. The lowest BCUT2D eigenvalue weighted by Gasteiger charge is -2.09. The highest BCUT2D eigenvalue weighted by molar-refractivity contribution is 9.10. The lowest BCUT2D eigenvalue weighted by Crippen LogP contribution is -2.22. The molecule has 0 aliphatic heterocycles. The average Bonchev–Trinajstić information content (AvgIpc) is 2.11. The van der Waals surface area contributed by atoms with Crippen LogP contribution in [0.1, 0.15) is 11.5 Å². The molecule has 0 amide bonds. The Morgan fingerprint density at radius 2 is 1.80 bits per heavy atom. The molecule has 0 bridgehead atoms. The monoisotopic (exact) mass is 276 g/mol. The van der Waals surface area contributed by atoms with E-state index < -0.39 is 23.7 Å². The van der Waals surface area contributed by atoms with Crippen molar-refractivity contribution in [3.8, 4) is 0 Å². The summed E-state index contributed by atoms with van der Waals surface area (Å²) in [6.07, 6.45) is 0. The first kappa shape index (κ1) is 11.6. The standard InChI is InChI=1S/C9H6BrFO4/c10-5-3-1-2-4(7(5)11)6(8(12)13)9(14)15/h1-3,6H,(H,12,13)(H,14,15). The highest BCUT2D eigenvalue weighted by Crippen LogP contribution is 2.25. The van der Waals surface area contributed by atoms with Crippen molar-refractivity contribution in [2.45, 2.75) is 5.92 Å². The topological polar surface area (TPSA) is 74.6 Å². The Morgan fingerprint density at radius 1 is 1.27 bits per heavy atom. The van der Waals surface area contributed by atoms with Crippen molar-refractivity contribution < 1.29 is 24.2 Å². The number of carboxylic acid groups (broad SMARTS) is 2. The molecule has 0 aromatic heterocycles. The number of benzene rings is 1. The van der Waals surface area contributed by atoms with Gasteiger partial charge >= 0.3 is 11.9 Å². The predicted molar refractivity (Wildman–Crippen MR) is 52.1 cm³/mol. The second-order valence-corrected chi connectivity index (χ2v) is 3.61. The van der Waals surface area contributed by atoms with Gasteiger partial charge in [-0.2, -0.15) is 0 Å². The Balaban J connectivity index is 3.29. The van der Waals surface area contributed by atoms with Crippen LogP contribution in [0.15, 0.2) is 22.7 Å². The number of aliphatic carboxylic acids is 2. The third-order valence-electron chi connectivity index (χ3n) is 1.79. The second kappa shape index (κ2) is 4.39. The van der Waals surface area contributed by atoms with Gasteiger partial charge in [-0.3, -0.25) is 9.59 Å². The van der Waals surface area contributed by atoms with Gasteiger partial charge in [-0.05, 0) is 22.0 Å². The Labute approximate surface area is 92.5 Å². The summed E-state index contributed by atoms with van der Waals surface area (Å²) in [6.45, 7) is 0. The van der Waals surface area contributed by atoms with Crippen molar-refractivity contribution >= 4 is 27.9 Å². The molecule has 4 nitrogen and oxygen atoms in total. The molecule has 0 spiro atoms. The highest BCUT2D eigenvalue weighted by Gasteiger charge is 2.30. The van der Waals surface area contributed by atoms with Gasteiger partial charge in [-0.25, -0.2) is 4.39 Å². The minimum Gasteiger partial charge on any atom is -0.480 e. The Morgan fingerprint density at radius 3 is 2.27 bits per heavy atom. The van der Waals surface area contributed by atoms with Gasteiger partial charge in [-0.1, -0.05) is 12.1 Å². The summed E-state index contributed by atoms with van der Waals surface area (Å²) in [5.74, 6) is -5.95. The molecule has 15 heavy (non-hydrogen) atoms. The lowest BCUT2D eigenvalue weighted by molar-refractivity contribution is -0.150. The smallest absolute Gasteiger partial charge is 0.322 e. The maximum atomic E-state index is 13.4. The lowest BCUT2D eigenvalue weighted by atomic mass is 9.99. The van der Waals surface area contributed by atoms with E-state index in [2.05, 4.69) is 15.9 Å². The number of rotatable bonds is 3.